The summed E-state index contributed by atoms with van der Waals surface area (Å²) in [6.07, 6.45) is 0. The van der Waals surface area contributed by atoms with Crippen molar-refractivity contribution in [3.63, 3.8) is 0 Å². The van der Waals surface area contributed by atoms with Gasteiger partial charge in [-0.1, -0.05) is 133 Å². The third kappa shape index (κ3) is 4.90. The molecule has 0 fully saturated rings. The lowest BCUT2D eigenvalue weighted by atomic mass is 9.98. The van der Waals surface area contributed by atoms with Crippen molar-refractivity contribution in [3.05, 3.63) is 194 Å². The fourth-order valence-corrected chi connectivity index (χ4v) is 7.59. The van der Waals surface area contributed by atoms with Crippen molar-refractivity contribution in [2.45, 2.75) is 0 Å². The minimum absolute atomic E-state index is 0.863. The van der Waals surface area contributed by atoms with E-state index < -0.39 is 0 Å². The Morgan fingerprint density at radius 2 is 0.941 bits per heavy atom. The van der Waals surface area contributed by atoms with Crippen LogP contribution in [0.25, 0.3) is 71.7 Å². The molecule has 0 N–H and O–H groups in total. The second-order valence-corrected chi connectivity index (χ2v) is 13.0. The number of hydrogen-bond acceptors (Lipinski definition) is 2. The number of fused-ring (bicyclic) bond motifs is 6. The lowest BCUT2D eigenvalue weighted by Crippen LogP contribution is -2.10. The van der Waals surface area contributed by atoms with Gasteiger partial charge in [-0.15, -0.1) is 0 Å². The maximum atomic E-state index is 6.51. The molecule has 0 saturated heterocycles. The first kappa shape index (κ1) is 29.1. The molecule has 10 rings (SSSR count). The average molecular weight is 653 g/mol. The molecule has 0 amide bonds. The Morgan fingerprint density at radius 1 is 0.392 bits per heavy atom. The highest BCUT2D eigenvalue weighted by Crippen LogP contribution is 2.41. The average Bonchev–Trinajstić information content (AvgIpc) is 3.74. The zero-order valence-electron chi connectivity index (χ0n) is 27.8. The standard InChI is InChI=1S/C48H32N2O/c1-2-11-33(12-3-1)34-21-25-37(26-22-34)49(38-27-23-36(24-28-38)42-18-10-14-35-13-4-5-15-41(35)42)39-29-31-40(32-30-39)50-45-19-8-6-16-43(45)47-44-17-7-9-20-46(44)51-48(47)50/h1-32H. The quantitative estimate of drug-likeness (QED) is 0.178. The van der Waals surface area contributed by atoms with E-state index in [1.54, 1.807) is 0 Å². The molecule has 0 saturated carbocycles. The molecule has 0 spiro atoms. The molecule has 0 bridgehead atoms. The highest BCUT2D eigenvalue weighted by molar-refractivity contribution is 6.19. The summed E-state index contributed by atoms with van der Waals surface area (Å²) in [7, 11) is 0. The molecule has 0 radical (unpaired) electrons. The lowest BCUT2D eigenvalue weighted by Gasteiger charge is -2.26. The zero-order chi connectivity index (χ0) is 33.7. The van der Waals surface area contributed by atoms with Crippen LogP contribution in [-0.2, 0) is 0 Å². The number of aromatic nitrogens is 1. The number of para-hydroxylation sites is 2. The van der Waals surface area contributed by atoms with Crippen LogP contribution in [0.5, 0.6) is 0 Å². The molecule has 3 nitrogen and oxygen atoms in total. The van der Waals surface area contributed by atoms with Gasteiger partial charge in [-0.2, -0.15) is 0 Å². The van der Waals surface area contributed by atoms with Crippen LogP contribution in [0.4, 0.5) is 17.1 Å². The maximum Gasteiger partial charge on any atom is 0.213 e. The molecule has 0 aliphatic heterocycles. The Bertz CT molecular complexity index is 2820. The fraction of sp³-hybridized carbons (Fsp3) is 0. The van der Waals surface area contributed by atoms with Gasteiger partial charge in [0.1, 0.15) is 5.58 Å². The monoisotopic (exact) mass is 652 g/mol. The SMILES string of the molecule is c1ccc(-c2ccc(N(c3ccc(-c4cccc5ccccc45)cc3)c3ccc(-n4c5ccccc5c5c6ccccc6oc54)cc3)cc2)cc1. The van der Waals surface area contributed by atoms with Crippen molar-refractivity contribution in [1.82, 2.24) is 4.57 Å². The number of anilines is 3. The summed E-state index contributed by atoms with van der Waals surface area (Å²) < 4.78 is 8.76. The highest BCUT2D eigenvalue weighted by atomic mass is 16.3. The second kappa shape index (κ2) is 11.9. The van der Waals surface area contributed by atoms with E-state index in [1.807, 2.05) is 12.1 Å². The van der Waals surface area contributed by atoms with Gasteiger partial charge in [0.25, 0.3) is 0 Å². The third-order valence-corrected chi connectivity index (χ3v) is 10.0. The molecule has 3 heteroatoms. The molecule has 8 aromatic carbocycles. The molecule has 2 heterocycles. The molecule has 51 heavy (non-hydrogen) atoms. The number of rotatable bonds is 6. The van der Waals surface area contributed by atoms with Crippen molar-refractivity contribution < 1.29 is 4.42 Å². The minimum Gasteiger partial charge on any atom is -0.439 e. The molecule has 0 aliphatic rings. The predicted molar refractivity (Wildman–Crippen MR) is 214 cm³/mol. The normalized spacial score (nSPS) is 11.5. The number of nitrogens with zero attached hydrogens (tertiary/aromatic N) is 2. The maximum absolute atomic E-state index is 6.51. The van der Waals surface area contributed by atoms with Gasteiger partial charge in [-0.3, -0.25) is 4.57 Å². The van der Waals surface area contributed by atoms with Crippen molar-refractivity contribution in [3.8, 4) is 27.9 Å². The Balaban J connectivity index is 1.08. The van der Waals surface area contributed by atoms with Crippen LogP contribution in [-0.4, -0.2) is 4.57 Å². The van der Waals surface area contributed by atoms with E-state index in [1.165, 1.54) is 38.4 Å². The van der Waals surface area contributed by atoms with Crippen LogP contribution in [0.3, 0.4) is 0 Å². The topological polar surface area (TPSA) is 21.3 Å². The molecule has 0 atom stereocenters. The zero-order valence-corrected chi connectivity index (χ0v) is 27.8. The first-order valence-corrected chi connectivity index (χ1v) is 17.4. The van der Waals surface area contributed by atoms with Gasteiger partial charge < -0.3 is 9.32 Å². The van der Waals surface area contributed by atoms with Crippen molar-refractivity contribution in [1.29, 1.82) is 0 Å². The molecule has 0 aliphatic carbocycles. The summed E-state index contributed by atoms with van der Waals surface area (Å²) in [5, 5.41) is 5.98. The van der Waals surface area contributed by atoms with Gasteiger partial charge >= 0.3 is 0 Å². The van der Waals surface area contributed by atoms with Gasteiger partial charge in [-0.25, -0.2) is 0 Å². The minimum atomic E-state index is 0.863. The largest absolute Gasteiger partial charge is 0.439 e. The summed E-state index contributed by atoms with van der Waals surface area (Å²) in [4.78, 5) is 2.33. The summed E-state index contributed by atoms with van der Waals surface area (Å²) >= 11 is 0. The summed E-state index contributed by atoms with van der Waals surface area (Å²) in [6, 6.07) is 69.1. The van der Waals surface area contributed by atoms with E-state index in [-0.39, 0.29) is 0 Å². The van der Waals surface area contributed by atoms with E-state index >= 15 is 0 Å². The second-order valence-electron chi connectivity index (χ2n) is 13.0. The fourth-order valence-electron chi connectivity index (χ4n) is 7.59. The highest BCUT2D eigenvalue weighted by Gasteiger charge is 2.20. The molecule has 0 unspecified atom stereocenters. The first-order valence-electron chi connectivity index (χ1n) is 17.4. The third-order valence-electron chi connectivity index (χ3n) is 10.0. The molecule has 240 valence electrons. The number of furan rings is 1. The molecular weight excluding hydrogens is 621 g/mol. The lowest BCUT2D eigenvalue weighted by molar-refractivity contribution is 0.645. The van der Waals surface area contributed by atoms with E-state index in [2.05, 4.69) is 191 Å². The Labute approximate surface area is 295 Å². The van der Waals surface area contributed by atoms with Crippen LogP contribution in [0.15, 0.2) is 199 Å². The van der Waals surface area contributed by atoms with E-state index in [4.69, 9.17) is 4.42 Å². The predicted octanol–water partition coefficient (Wildman–Crippen LogP) is 13.5. The summed E-state index contributed by atoms with van der Waals surface area (Å²) in [6.45, 7) is 0. The van der Waals surface area contributed by atoms with Crippen LogP contribution < -0.4 is 4.90 Å². The van der Waals surface area contributed by atoms with E-state index in [0.717, 1.165) is 50.3 Å². The Morgan fingerprint density at radius 3 is 1.69 bits per heavy atom. The molecule has 10 aromatic rings. The summed E-state index contributed by atoms with van der Waals surface area (Å²) in [5.74, 6) is 0. The van der Waals surface area contributed by atoms with Gasteiger partial charge in [0.15, 0.2) is 0 Å². The summed E-state index contributed by atoms with van der Waals surface area (Å²) in [5.41, 5.74) is 12.0. The number of benzene rings is 8. The van der Waals surface area contributed by atoms with E-state index in [9.17, 15) is 0 Å². The first-order chi connectivity index (χ1) is 25.3. The van der Waals surface area contributed by atoms with Crippen LogP contribution >= 0.6 is 0 Å². The van der Waals surface area contributed by atoms with E-state index in [0.29, 0.717) is 0 Å². The van der Waals surface area contributed by atoms with Gasteiger partial charge in [0.2, 0.25) is 5.71 Å². The van der Waals surface area contributed by atoms with Gasteiger partial charge in [-0.05, 0) is 93.7 Å². The molecule has 2 aromatic heterocycles. The van der Waals surface area contributed by atoms with Crippen molar-refractivity contribution >= 4 is 60.8 Å². The van der Waals surface area contributed by atoms with Crippen LogP contribution in [0, 0.1) is 0 Å². The number of hydrogen-bond donors (Lipinski definition) is 0. The smallest absolute Gasteiger partial charge is 0.213 e. The van der Waals surface area contributed by atoms with Crippen molar-refractivity contribution in [2.24, 2.45) is 0 Å². The molecular formula is C48H32N2O. The van der Waals surface area contributed by atoms with Crippen molar-refractivity contribution in [2.75, 3.05) is 4.90 Å². The van der Waals surface area contributed by atoms with Crippen LogP contribution in [0.1, 0.15) is 0 Å². The van der Waals surface area contributed by atoms with Gasteiger partial charge in [0.05, 0.1) is 10.9 Å². The Kier molecular flexibility index (Phi) is 6.81. The van der Waals surface area contributed by atoms with Gasteiger partial charge in [0, 0.05) is 33.5 Å². The Hall–Kier alpha value is -6.84. The van der Waals surface area contributed by atoms with Crippen LogP contribution in [0.2, 0.25) is 0 Å².